The number of hydrogen-bond donors (Lipinski definition) is 1. The van der Waals surface area contributed by atoms with Crippen molar-refractivity contribution in [2.24, 2.45) is 0 Å². The van der Waals surface area contributed by atoms with Crippen molar-refractivity contribution in [3.63, 3.8) is 0 Å². The van der Waals surface area contributed by atoms with Crippen LogP contribution in [-0.4, -0.2) is 29.9 Å². The molecule has 1 aromatic carbocycles. The van der Waals surface area contributed by atoms with E-state index in [0.29, 0.717) is 24.5 Å². The average molecular weight is 241 g/mol. The van der Waals surface area contributed by atoms with Crippen molar-refractivity contribution < 1.29 is 19.5 Å². The Labute approximate surface area is 98.9 Å². The lowest BCUT2D eigenvalue weighted by Crippen LogP contribution is -2.08. The molecule has 0 aliphatic carbocycles. The molecule has 1 rings (SSSR count). The van der Waals surface area contributed by atoms with Gasteiger partial charge in [-0.15, -0.1) is 0 Å². The summed E-state index contributed by atoms with van der Waals surface area (Å²) in [6.45, 7) is 1.99. The highest BCUT2D eigenvalue weighted by molar-refractivity contribution is 5.48. The first kappa shape index (κ1) is 13.2. The highest BCUT2D eigenvalue weighted by Gasteiger charge is 2.12. The second-order valence-electron chi connectivity index (χ2n) is 3.58. The minimum atomic E-state index is -0.498. The maximum atomic E-state index is 10.6. The lowest BCUT2D eigenvalue weighted by atomic mass is 10.2. The minimum absolute atomic E-state index is 0.0512. The van der Waals surface area contributed by atoms with Gasteiger partial charge in [0, 0.05) is 12.5 Å². The molecule has 6 nitrogen and oxygen atoms in total. The number of aliphatic hydroxyl groups is 1. The highest BCUT2D eigenvalue weighted by Crippen LogP contribution is 2.31. The number of rotatable bonds is 6. The Kier molecular flexibility index (Phi) is 4.71. The van der Waals surface area contributed by atoms with Gasteiger partial charge in [0.15, 0.2) is 11.5 Å². The Morgan fingerprint density at radius 3 is 2.71 bits per heavy atom. The quantitative estimate of drug-likeness (QED) is 0.606. The lowest BCUT2D eigenvalue weighted by Gasteiger charge is -2.11. The maximum absolute atomic E-state index is 10.6. The molecule has 0 saturated carbocycles. The standard InChI is InChI=1S/C11H15NO5/c1-8(13)5-6-17-10-4-3-9(12(14)15)7-11(10)16-2/h3-4,7-8,13H,5-6H2,1-2H3. The first-order chi connectivity index (χ1) is 8.04. The molecule has 0 aliphatic rings. The van der Waals surface area contributed by atoms with Crippen LogP contribution in [-0.2, 0) is 0 Å². The van der Waals surface area contributed by atoms with Crippen LogP contribution in [0.25, 0.3) is 0 Å². The van der Waals surface area contributed by atoms with Crippen LogP contribution in [0.2, 0.25) is 0 Å². The van der Waals surface area contributed by atoms with Gasteiger partial charge in [0.25, 0.3) is 5.69 Å². The van der Waals surface area contributed by atoms with Crippen molar-refractivity contribution in [2.75, 3.05) is 13.7 Å². The summed E-state index contributed by atoms with van der Waals surface area (Å²) < 4.78 is 10.4. The minimum Gasteiger partial charge on any atom is -0.493 e. The summed E-state index contributed by atoms with van der Waals surface area (Å²) >= 11 is 0. The van der Waals surface area contributed by atoms with Gasteiger partial charge in [0.05, 0.1) is 30.8 Å². The first-order valence-corrected chi connectivity index (χ1v) is 5.18. The molecule has 0 saturated heterocycles. The summed E-state index contributed by atoms with van der Waals surface area (Å²) in [6.07, 6.45) is 0.0409. The molecule has 0 bridgehead atoms. The van der Waals surface area contributed by atoms with E-state index in [0.717, 1.165) is 0 Å². The molecule has 1 unspecified atom stereocenters. The Morgan fingerprint density at radius 2 is 2.18 bits per heavy atom. The van der Waals surface area contributed by atoms with Gasteiger partial charge in [-0.05, 0) is 13.0 Å². The third-order valence-corrected chi connectivity index (χ3v) is 2.15. The van der Waals surface area contributed by atoms with Crippen molar-refractivity contribution in [1.29, 1.82) is 0 Å². The Balaban J connectivity index is 2.75. The predicted octanol–water partition coefficient (Wildman–Crippen LogP) is 1.75. The van der Waals surface area contributed by atoms with Crippen LogP contribution >= 0.6 is 0 Å². The van der Waals surface area contributed by atoms with Crippen LogP contribution in [0.15, 0.2) is 18.2 Å². The second-order valence-corrected chi connectivity index (χ2v) is 3.58. The number of aliphatic hydroxyl groups excluding tert-OH is 1. The van der Waals surface area contributed by atoms with Crippen LogP contribution < -0.4 is 9.47 Å². The van der Waals surface area contributed by atoms with E-state index < -0.39 is 11.0 Å². The fourth-order valence-corrected chi connectivity index (χ4v) is 1.23. The zero-order chi connectivity index (χ0) is 12.8. The number of nitrogens with zero attached hydrogens (tertiary/aromatic N) is 1. The molecule has 94 valence electrons. The van der Waals surface area contributed by atoms with Gasteiger partial charge in [-0.25, -0.2) is 0 Å². The van der Waals surface area contributed by atoms with Gasteiger partial charge in [-0.1, -0.05) is 0 Å². The number of nitro benzene ring substituents is 1. The Bertz CT molecular complexity index is 391. The number of methoxy groups -OCH3 is 1. The third kappa shape index (κ3) is 3.92. The van der Waals surface area contributed by atoms with Crippen molar-refractivity contribution in [3.8, 4) is 11.5 Å². The molecule has 0 fully saturated rings. The molecule has 0 aromatic heterocycles. The lowest BCUT2D eigenvalue weighted by molar-refractivity contribution is -0.385. The molecule has 1 N–H and O–H groups in total. The topological polar surface area (TPSA) is 81.8 Å². The zero-order valence-electron chi connectivity index (χ0n) is 9.75. The zero-order valence-corrected chi connectivity index (χ0v) is 9.75. The molecule has 0 aliphatic heterocycles. The smallest absolute Gasteiger partial charge is 0.273 e. The molecule has 1 aromatic rings. The van der Waals surface area contributed by atoms with E-state index >= 15 is 0 Å². The molecule has 0 amide bonds. The molecule has 0 radical (unpaired) electrons. The maximum Gasteiger partial charge on any atom is 0.273 e. The summed E-state index contributed by atoms with van der Waals surface area (Å²) in [5.41, 5.74) is -0.0512. The van der Waals surface area contributed by atoms with Crippen LogP contribution in [0, 0.1) is 10.1 Å². The van der Waals surface area contributed by atoms with Gasteiger partial charge in [0.2, 0.25) is 0 Å². The Morgan fingerprint density at radius 1 is 1.47 bits per heavy atom. The fourth-order valence-electron chi connectivity index (χ4n) is 1.23. The van der Waals surface area contributed by atoms with Gasteiger partial charge < -0.3 is 14.6 Å². The monoisotopic (exact) mass is 241 g/mol. The van der Waals surface area contributed by atoms with Gasteiger partial charge in [-0.3, -0.25) is 10.1 Å². The number of nitro groups is 1. The normalized spacial score (nSPS) is 11.9. The Hall–Kier alpha value is -1.82. The van der Waals surface area contributed by atoms with Crippen molar-refractivity contribution in [3.05, 3.63) is 28.3 Å². The molecule has 1 atom stereocenters. The molecule has 0 spiro atoms. The molecular formula is C11H15NO5. The summed E-state index contributed by atoms with van der Waals surface area (Å²) in [7, 11) is 1.42. The average Bonchev–Trinajstić information content (AvgIpc) is 2.28. The van der Waals surface area contributed by atoms with E-state index in [1.165, 1.54) is 25.3 Å². The first-order valence-electron chi connectivity index (χ1n) is 5.18. The van der Waals surface area contributed by atoms with E-state index in [1.807, 2.05) is 0 Å². The van der Waals surface area contributed by atoms with Gasteiger partial charge >= 0.3 is 0 Å². The van der Waals surface area contributed by atoms with Crippen LogP contribution in [0.4, 0.5) is 5.69 Å². The largest absolute Gasteiger partial charge is 0.493 e. The highest BCUT2D eigenvalue weighted by atomic mass is 16.6. The SMILES string of the molecule is COc1cc([N+](=O)[O-])ccc1OCCC(C)O. The number of hydrogen-bond acceptors (Lipinski definition) is 5. The summed E-state index contributed by atoms with van der Waals surface area (Å²) in [6, 6.07) is 4.14. The van der Waals surface area contributed by atoms with E-state index in [1.54, 1.807) is 6.92 Å². The number of benzene rings is 1. The van der Waals surface area contributed by atoms with Crippen LogP contribution in [0.3, 0.4) is 0 Å². The van der Waals surface area contributed by atoms with E-state index in [4.69, 9.17) is 14.6 Å². The molecule has 6 heteroatoms. The summed E-state index contributed by atoms with van der Waals surface area (Å²) in [4.78, 5) is 10.1. The second kappa shape index (κ2) is 6.05. The van der Waals surface area contributed by atoms with Gasteiger partial charge in [-0.2, -0.15) is 0 Å². The van der Waals surface area contributed by atoms with Crippen molar-refractivity contribution in [1.82, 2.24) is 0 Å². The summed E-state index contributed by atoms with van der Waals surface area (Å²) in [5, 5.41) is 19.6. The van der Waals surface area contributed by atoms with Gasteiger partial charge in [0.1, 0.15) is 0 Å². The van der Waals surface area contributed by atoms with Crippen molar-refractivity contribution in [2.45, 2.75) is 19.4 Å². The van der Waals surface area contributed by atoms with E-state index in [2.05, 4.69) is 0 Å². The van der Waals surface area contributed by atoms with Crippen molar-refractivity contribution >= 4 is 5.69 Å². The van der Waals surface area contributed by atoms with E-state index in [9.17, 15) is 10.1 Å². The van der Waals surface area contributed by atoms with Crippen LogP contribution in [0.1, 0.15) is 13.3 Å². The fraction of sp³-hybridized carbons (Fsp3) is 0.455. The molecule has 0 heterocycles. The predicted molar refractivity (Wildman–Crippen MR) is 61.4 cm³/mol. The van der Waals surface area contributed by atoms with Crippen LogP contribution in [0.5, 0.6) is 11.5 Å². The molecule has 17 heavy (non-hydrogen) atoms. The van der Waals surface area contributed by atoms with E-state index in [-0.39, 0.29) is 5.69 Å². The number of ether oxygens (including phenoxy) is 2. The summed E-state index contributed by atoms with van der Waals surface area (Å²) in [5.74, 6) is 0.739. The third-order valence-electron chi connectivity index (χ3n) is 2.15. The molecular weight excluding hydrogens is 226 g/mol. The number of non-ortho nitro benzene ring substituents is 1.